The van der Waals surface area contributed by atoms with Crippen LogP contribution in [0.2, 0.25) is 0 Å². The van der Waals surface area contributed by atoms with Gasteiger partial charge in [-0.15, -0.1) is 0 Å². The number of amides is 1. The van der Waals surface area contributed by atoms with Gasteiger partial charge in [-0.25, -0.2) is 0 Å². The SMILES string of the molecule is COc1ccc2c(c1)CCC21C(=O)N(C)C(=C=N)N[C@]1(C)c1cccc(C#N)c1. The second-order valence-corrected chi connectivity index (χ2v) is 7.71. The predicted molar refractivity (Wildman–Crippen MR) is 109 cm³/mol. The highest BCUT2D eigenvalue weighted by Gasteiger charge is 2.62. The van der Waals surface area contributed by atoms with Crippen molar-refractivity contribution < 1.29 is 9.53 Å². The van der Waals surface area contributed by atoms with Gasteiger partial charge < -0.3 is 10.1 Å². The van der Waals surface area contributed by atoms with E-state index in [9.17, 15) is 10.1 Å². The number of nitrogens with zero attached hydrogens (tertiary/aromatic N) is 2. The molecule has 6 nitrogen and oxygen atoms in total. The van der Waals surface area contributed by atoms with Crippen molar-refractivity contribution in [2.75, 3.05) is 14.2 Å². The Hall–Kier alpha value is -3.55. The van der Waals surface area contributed by atoms with Gasteiger partial charge in [0.15, 0.2) is 5.82 Å². The summed E-state index contributed by atoms with van der Waals surface area (Å²) >= 11 is 0. The third kappa shape index (κ3) is 2.41. The van der Waals surface area contributed by atoms with Gasteiger partial charge in [-0.2, -0.15) is 5.26 Å². The summed E-state index contributed by atoms with van der Waals surface area (Å²) in [5.74, 6) is 3.35. The van der Waals surface area contributed by atoms with Crippen molar-refractivity contribution in [1.82, 2.24) is 10.2 Å². The van der Waals surface area contributed by atoms with Crippen molar-refractivity contribution in [3.8, 4) is 11.8 Å². The Morgan fingerprint density at radius 1 is 1.28 bits per heavy atom. The Balaban J connectivity index is 2.01. The number of nitrogens with one attached hydrogen (secondary N) is 2. The Labute approximate surface area is 169 Å². The number of rotatable bonds is 2. The van der Waals surface area contributed by atoms with E-state index in [1.807, 2.05) is 43.3 Å². The Morgan fingerprint density at radius 2 is 2.07 bits per heavy atom. The lowest BCUT2D eigenvalue weighted by molar-refractivity contribution is -0.142. The average molecular weight is 386 g/mol. The van der Waals surface area contributed by atoms with Gasteiger partial charge in [-0.3, -0.25) is 15.1 Å². The highest BCUT2D eigenvalue weighted by molar-refractivity contribution is 5.95. The molecular weight excluding hydrogens is 364 g/mol. The van der Waals surface area contributed by atoms with Crippen LogP contribution in [0.5, 0.6) is 5.75 Å². The van der Waals surface area contributed by atoms with Gasteiger partial charge in [0.1, 0.15) is 11.2 Å². The topological polar surface area (TPSA) is 89.2 Å². The molecule has 4 rings (SSSR count). The van der Waals surface area contributed by atoms with Crippen LogP contribution in [0.4, 0.5) is 0 Å². The molecule has 1 spiro atoms. The van der Waals surface area contributed by atoms with Crippen LogP contribution < -0.4 is 10.1 Å². The van der Waals surface area contributed by atoms with Gasteiger partial charge in [0, 0.05) is 12.9 Å². The summed E-state index contributed by atoms with van der Waals surface area (Å²) in [6, 6.07) is 15.3. The highest BCUT2D eigenvalue weighted by Crippen LogP contribution is 2.54. The van der Waals surface area contributed by atoms with E-state index in [0.717, 1.165) is 28.9 Å². The standard InChI is InChI=1S/C23H22N4O2/c1-22(17-6-4-5-15(11-17)13-24)23(21(28)27(2)20(14-25)26-22)10-9-16-12-18(29-3)7-8-19(16)23/h4-8,11-12,25-26H,9-10H2,1-3H3/t22-,23?/m1/s1. The maximum absolute atomic E-state index is 13.8. The molecule has 2 atom stereocenters. The fourth-order valence-electron chi connectivity index (χ4n) is 4.88. The van der Waals surface area contributed by atoms with Gasteiger partial charge in [0.25, 0.3) is 0 Å². The number of carbonyl (C=O) groups excluding carboxylic acids is 1. The van der Waals surface area contributed by atoms with Crippen molar-refractivity contribution in [2.45, 2.75) is 30.7 Å². The van der Waals surface area contributed by atoms with Gasteiger partial charge >= 0.3 is 0 Å². The first-order valence-electron chi connectivity index (χ1n) is 9.45. The number of aryl methyl sites for hydroxylation is 1. The van der Waals surface area contributed by atoms with Crippen LogP contribution in [0.1, 0.15) is 35.6 Å². The number of carbonyl (C=O) groups is 1. The third-order valence-corrected chi connectivity index (χ3v) is 6.46. The van der Waals surface area contributed by atoms with Crippen LogP contribution >= 0.6 is 0 Å². The van der Waals surface area contributed by atoms with Crippen LogP contribution in [0.15, 0.2) is 48.3 Å². The lowest BCUT2D eigenvalue weighted by Gasteiger charge is -2.53. The zero-order chi connectivity index (χ0) is 20.8. The van der Waals surface area contributed by atoms with Crippen molar-refractivity contribution in [3.05, 3.63) is 70.5 Å². The summed E-state index contributed by atoms with van der Waals surface area (Å²) in [6.45, 7) is 1.98. The molecule has 0 radical (unpaired) electrons. The minimum Gasteiger partial charge on any atom is -0.497 e. The largest absolute Gasteiger partial charge is 0.497 e. The molecule has 1 aliphatic carbocycles. The second kappa shape index (κ2) is 6.51. The summed E-state index contributed by atoms with van der Waals surface area (Å²) < 4.78 is 5.38. The number of ether oxygens (including phenoxy) is 1. The van der Waals surface area contributed by atoms with Gasteiger partial charge in [-0.05, 0) is 60.7 Å². The second-order valence-electron chi connectivity index (χ2n) is 7.71. The summed E-state index contributed by atoms with van der Waals surface area (Å²) in [5, 5.41) is 20.5. The van der Waals surface area contributed by atoms with Gasteiger partial charge in [0.2, 0.25) is 5.91 Å². The van der Waals surface area contributed by atoms with E-state index in [1.165, 1.54) is 4.90 Å². The molecule has 0 bridgehead atoms. The quantitative estimate of drug-likeness (QED) is 0.777. The fraction of sp³-hybridized carbons (Fsp3) is 0.304. The van der Waals surface area contributed by atoms with Crippen molar-refractivity contribution in [3.63, 3.8) is 0 Å². The number of fused-ring (bicyclic) bond motifs is 2. The van der Waals surface area contributed by atoms with E-state index in [-0.39, 0.29) is 5.91 Å². The Kier molecular flexibility index (Phi) is 4.22. The van der Waals surface area contributed by atoms with Crippen molar-refractivity contribution >= 4 is 11.8 Å². The fourth-order valence-corrected chi connectivity index (χ4v) is 4.88. The lowest BCUT2D eigenvalue weighted by Crippen LogP contribution is -2.68. The average Bonchev–Trinajstić information content (AvgIpc) is 3.15. The molecular formula is C23H22N4O2. The molecule has 0 saturated carbocycles. The molecule has 1 amide bonds. The zero-order valence-electron chi connectivity index (χ0n) is 16.7. The molecule has 6 heteroatoms. The van der Waals surface area contributed by atoms with Crippen molar-refractivity contribution in [2.24, 2.45) is 0 Å². The molecule has 1 aliphatic heterocycles. The molecule has 2 aliphatic rings. The van der Waals surface area contributed by atoms with E-state index in [0.29, 0.717) is 17.8 Å². The predicted octanol–water partition coefficient (Wildman–Crippen LogP) is 2.82. The van der Waals surface area contributed by atoms with E-state index in [2.05, 4.69) is 17.3 Å². The van der Waals surface area contributed by atoms with E-state index in [1.54, 1.807) is 20.2 Å². The summed E-state index contributed by atoms with van der Waals surface area (Å²) in [6.07, 6.45) is 1.36. The molecule has 1 fully saturated rings. The maximum Gasteiger partial charge on any atom is 0.241 e. The molecule has 2 aromatic carbocycles. The molecule has 2 N–H and O–H groups in total. The first-order chi connectivity index (χ1) is 13.9. The number of hydrogen-bond donors (Lipinski definition) is 2. The third-order valence-electron chi connectivity index (χ3n) is 6.46. The first-order valence-corrected chi connectivity index (χ1v) is 9.45. The van der Waals surface area contributed by atoms with E-state index < -0.39 is 11.0 Å². The molecule has 29 heavy (non-hydrogen) atoms. The Morgan fingerprint density at radius 3 is 2.76 bits per heavy atom. The van der Waals surface area contributed by atoms with Crippen LogP contribution in [-0.2, 0) is 22.2 Å². The summed E-state index contributed by atoms with van der Waals surface area (Å²) in [4.78, 5) is 15.3. The normalized spacial score (nSPS) is 25.2. The molecule has 146 valence electrons. The summed E-state index contributed by atoms with van der Waals surface area (Å²) in [5.41, 5.74) is 1.66. The zero-order valence-corrected chi connectivity index (χ0v) is 16.7. The van der Waals surface area contributed by atoms with Crippen LogP contribution in [-0.4, -0.2) is 30.8 Å². The van der Waals surface area contributed by atoms with E-state index in [4.69, 9.17) is 10.1 Å². The smallest absolute Gasteiger partial charge is 0.241 e. The van der Waals surface area contributed by atoms with Crippen molar-refractivity contribution in [1.29, 1.82) is 10.7 Å². The molecule has 1 saturated heterocycles. The van der Waals surface area contributed by atoms with Gasteiger partial charge in [-0.1, -0.05) is 18.2 Å². The molecule has 0 aromatic heterocycles. The number of nitriles is 1. The molecule has 1 heterocycles. The lowest BCUT2D eigenvalue weighted by atomic mass is 9.61. The van der Waals surface area contributed by atoms with E-state index >= 15 is 0 Å². The first kappa shape index (κ1) is 18.8. The number of hydrogen-bond acceptors (Lipinski definition) is 5. The summed E-state index contributed by atoms with van der Waals surface area (Å²) in [7, 11) is 3.30. The number of methoxy groups -OCH3 is 1. The number of likely N-dealkylation sites (N-methyl/N-ethyl adjacent to an activating group) is 1. The van der Waals surface area contributed by atoms with Crippen LogP contribution in [0.3, 0.4) is 0 Å². The monoisotopic (exact) mass is 386 g/mol. The minimum atomic E-state index is -0.877. The van der Waals surface area contributed by atoms with Crippen LogP contribution in [0.25, 0.3) is 0 Å². The van der Waals surface area contributed by atoms with Crippen LogP contribution in [0, 0.1) is 16.7 Å². The molecule has 1 unspecified atom stereocenters. The maximum atomic E-state index is 13.8. The molecule has 2 aromatic rings. The minimum absolute atomic E-state index is 0.0835. The highest BCUT2D eigenvalue weighted by atomic mass is 16.5. The van der Waals surface area contributed by atoms with Gasteiger partial charge in [0.05, 0.1) is 24.3 Å². The Bertz CT molecular complexity index is 1110. The number of benzene rings is 2.